The van der Waals surface area contributed by atoms with Crippen molar-refractivity contribution in [3.8, 4) is 12.3 Å². The van der Waals surface area contributed by atoms with Crippen molar-refractivity contribution in [3.05, 3.63) is 35.6 Å². The molecule has 0 aliphatic rings. The van der Waals surface area contributed by atoms with E-state index in [1.165, 1.54) is 12.1 Å². The number of esters is 1. The maximum atomic E-state index is 13.1. The van der Waals surface area contributed by atoms with Crippen LogP contribution in [0.4, 0.5) is 4.39 Å². The van der Waals surface area contributed by atoms with Gasteiger partial charge >= 0.3 is 5.97 Å². The molecule has 84 valence electrons. The minimum Gasteiger partial charge on any atom is -0.460 e. The van der Waals surface area contributed by atoms with Crippen molar-refractivity contribution in [2.45, 2.75) is 19.1 Å². The van der Waals surface area contributed by atoms with Crippen LogP contribution in [0.3, 0.4) is 0 Å². The summed E-state index contributed by atoms with van der Waals surface area (Å²) in [5.41, 5.74) is 5.73. The van der Waals surface area contributed by atoms with Gasteiger partial charge in [0.1, 0.15) is 18.5 Å². The minimum absolute atomic E-state index is 0.107. The van der Waals surface area contributed by atoms with Gasteiger partial charge in [-0.2, -0.15) is 0 Å². The quantitative estimate of drug-likeness (QED) is 0.614. The van der Waals surface area contributed by atoms with Crippen LogP contribution in [0, 0.1) is 18.2 Å². The first-order valence-corrected chi connectivity index (χ1v) is 4.74. The normalized spacial score (nSPS) is 11.6. The Morgan fingerprint density at radius 2 is 2.25 bits per heavy atom. The summed E-state index contributed by atoms with van der Waals surface area (Å²) in [7, 11) is 0. The van der Waals surface area contributed by atoms with Gasteiger partial charge in [0.25, 0.3) is 0 Å². The molecule has 3 nitrogen and oxygen atoms in total. The molecule has 16 heavy (non-hydrogen) atoms. The van der Waals surface area contributed by atoms with Crippen molar-refractivity contribution in [1.82, 2.24) is 0 Å². The highest BCUT2D eigenvalue weighted by Gasteiger charge is 2.14. The highest BCUT2D eigenvalue weighted by atomic mass is 19.1. The van der Waals surface area contributed by atoms with Crippen LogP contribution in [0.25, 0.3) is 0 Å². The third-order valence-electron chi connectivity index (χ3n) is 1.97. The Labute approximate surface area is 93.4 Å². The van der Waals surface area contributed by atoms with Crippen molar-refractivity contribution in [2.75, 3.05) is 0 Å². The fraction of sp³-hybridized carbons (Fsp3) is 0.250. The molecule has 0 saturated carbocycles. The summed E-state index contributed by atoms with van der Waals surface area (Å²) in [6.45, 7) is -0.135. The van der Waals surface area contributed by atoms with Gasteiger partial charge in [0.2, 0.25) is 0 Å². The Hall–Kier alpha value is -1.86. The van der Waals surface area contributed by atoms with Crippen LogP contribution in [0.15, 0.2) is 24.3 Å². The summed E-state index contributed by atoms with van der Waals surface area (Å²) in [5.74, 6) is 1.22. The lowest BCUT2D eigenvalue weighted by atomic mass is 10.2. The Morgan fingerprint density at radius 3 is 2.88 bits per heavy atom. The van der Waals surface area contributed by atoms with E-state index >= 15 is 0 Å². The minimum atomic E-state index is -0.850. The number of ether oxygens (including phenoxy) is 1. The van der Waals surface area contributed by atoms with Gasteiger partial charge in [-0.15, -0.1) is 12.3 Å². The van der Waals surface area contributed by atoms with Crippen LogP contribution in [0.1, 0.15) is 12.0 Å². The van der Waals surface area contributed by atoms with E-state index in [2.05, 4.69) is 5.92 Å². The summed E-state index contributed by atoms with van der Waals surface area (Å²) >= 11 is 0. The predicted octanol–water partition coefficient (Wildman–Crippen LogP) is 1.22. The van der Waals surface area contributed by atoms with Crippen molar-refractivity contribution in [1.29, 1.82) is 0 Å². The Bertz CT molecular complexity index is 412. The molecule has 0 aliphatic carbocycles. The smallest absolute Gasteiger partial charge is 0.324 e. The van der Waals surface area contributed by atoms with Crippen LogP contribution < -0.4 is 5.73 Å². The van der Waals surface area contributed by atoms with Crippen molar-refractivity contribution >= 4 is 5.97 Å². The van der Waals surface area contributed by atoms with Crippen molar-refractivity contribution < 1.29 is 13.9 Å². The highest BCUT2D eigenvalue weighted by molar-refractivity contribution is 5.75. The second-order valence-electron chi connectivity index (χ2n) is 3.21. The van der Waals surface area contributed by atoms with E-state index in [4.69, 9.17) is 16.9 Å². The molecule has 4 heteroatoms. The third kappa shape index (κ3) is 3.37. The molecule has 1 aromatic rings. The largest absolute Gasteiger partial charge is 0.460 e. The lowest BCUT2D eigenvalue weighted by Gasteiger charge is -2.09. The number of hydrogen-bond donors (Lipinski definition) is 1. The van der Waals surface area contributed by atoms with Crippen LogP contribution in [-0.2, 0) is 16.1 Å². The lowest BCUT2D eigenvalue weighted by molar-refractivity contribution is -0.146. The molecule has 2 N–H and O–H groups in total. The number of carbonyl (C=O) groups excluding carboxylic acids is 1. The number of rotatable bonds is 4. The molecule has 0 heterocycles. The van der Waals surface area contributed by atoms with E-state index in [1.54, 1.807) is 12.1 Å². The Balaban J connectivity index is 2.50. The number of carbonyl (C=O) groups is 1. The monoisotopic (exact) mass is 221 g/mol. The standard InChI is InChI=1S/C12H12FNO2/c1-2-5-11(14)12(15)16-8-9-6-3-4-7-10(9)13/h1,3-4,6-7,11H,5,8,14H2. The van der Waals surface area contributed by atoms with E-state index in [0.29, 0.717) is 5.56 Å². The first-order valence-electron chi connectivity index (χ1n) is 4.74. The molecule has 1 unspecified atom stereocenters. The van der Waals surface area contributed by atoms with Crippen molar-refractivity contribution in [3.63, 3.8) is 0 Å². The average molecular weight is 221 g/mol. The second-order valence-corrected chi connectivity index (χ2v) is 3.21. The zero-order chi connectivity index (χ0) is 12.0. The number of nitrogens with two attached hydrogens (primary N) is 1. The zero-order valence-corrected chi connectivity index (χ0v) is 8.65. The van der Waals surface area contributed by atoms with Gasteiger partial charge < -0.3 is 10.5 Å². The number of halogens is 1. The number of hydrogen-bond acceptors (Lipinski definition) is 3. The second kappa shape index (κ2) is 5.89. The Morgan fingerprint density at radius 1 is 1.56 bits per heavy atom. The van der Waals surface area contributed by atoms with E-state index in [0.717, 1.165) is 0 Å². The lowest BCUT2D eigenvalue weighted by Crippen LogP contribution is -2.31. The molecular weight excluding hydrogens is 209 g/mol. The fourth-order valence-corrected chi connectivity index (χ4v) is 1.08. The molecule has 0 aliphatic heterocycles. The van der Waals surface area contributed by atoms with Crippen LogP contribution in [0.2, 0.25) is 0 Å². The van der Waals surface area contributed by atoms with E-state index in [-0.39, 0.29) is 13.0 Å². The molecule has 0 amide bonds. The van der Waals surface area contributed by atoms with E-state index < -0.39 is 17.8 Å². The molecule has 0 saturated heterocycles. The van der Waals surface area contributed by atoms with Gasteiger partial charge in [-0.05, 0) is 6.07 Å². The maximum absolute atomic E-state index is 13.1. The third-order valence-corrected chi connectivity index (χ3v) is 1.97. The fourth-order valence-electron chi connectivity index (χ4n) is 1.08. The topological polar surface area (TPSA) is 52.3 Å². The van der Waals surface area contributed by atoms with Crippen LogP contribution >= 0.6 is 0 Å². The molecule has 1 rings (SSSR count). The Kier molecular flexibility index (Phi) is 4.49. The van der Waals surface area contributed by atoms with Crippen molar-refractivity contribution in [2.24, 2.45) is 5.73 Å². The van der Waals surface area contributed by atoms with Gasteiger partial charge in [0.05, 0.1) is 0 Å². The van der Waals surface area contributed by atoms with Crippen LogP contribution in [-0.4, -0.2) is 12.0 Å². The molecule has 0 fully saturated rings. The maximum Gasteiger partial charge on any atom is 0.324 e. The molecule has 0 radical (unpaired) electrons. The summed E-state index contributed by atoms with van der Waals surface area (Å²) in [4.78, 5) is 11.3. The number of benzene rings is 1. The molecule has 0 aromatic heterocycles. The van der Waals surface area contributed by atoms with Gasteiger partial charge in [-0.3, -0.25) is 4.79 Å². The predicted molar refractivity (Wildman–Crippen MR) is 57.6 cm³/mol. The van der Waals surface area contributed by atoms with Gasteiger partial charge in [0.15, 0.2) is 0 Å². The highest BCUT2D eigenvalue weighted by Crippen LogP contribution is 2.08. The first kappa shape index (κ1) is 12.2. The summed E-state index contributed by atoms with van der Waals surface area (Å²) < 4.78 is 18.0. The van der Waals surface area contributed by atoms with E-state index in [1.807, 2.05) is 0 Å². The van der Waals surface area contributed by atoms with Crippen LogP contribution in [0.5, 0.6) is 0 Å². The average Bonchev–Trinajstić information content (AvgIpc) is 2.28. The van der Waals surface area contributed by atoms with E-state index in [9.17, 15) is 9.18 Å². The SMILES string of the molecule is C#CCC(N)C(=O)OCc1ccccc1F. The first-order chi connectivity index (χ1) is 7.65. The summed E-state index contributed by atoms with van der Waals surface area (Å²) in [6, 6.07) is 5.20. The van der Waals surface area contributed by atoms with Gasteiger partial charge in [0, 0.05) is 12.0 Å². The summed E-state index contributed by atoms with van der Waals surface area (Å²) in [5, 5.41) is 0. The molecule has 0 bridgehead atoms. The molecular formula is C12H12FNO2. The number of terminal acetylenes is 1. The van der Waals surface area contributed by atoms with Gasteiger partial charge in [-0.1, -0.05) is 18.2 Å². The molecule has 1 atom stereocenters. The summed E-state index contributed by atoms with van der Waals surface area (Å²) in [6.07, 6.45) is 5.11. The molecule has 1 aromatic carbocycles. The molecule has 0 spiro atoms. The van der Waals surface area contributed by atoms with Gasteiger partial charge in [-0.25, -0.2) is 4.39 Å². The zero-order valence-electron chi connectivity index (χ0n) is 8.65.